The van der Waals surface area contributed by atoms with Crippen LogP contribution in [-0.4, -0.2) is 89.4 Å². The molecule has 9 nitrogen and oxygen atoms in total. The van der Waals surface area contributed by atoms with E-state index in [0.717, 1.165) is 18.7 Å². The highest BCUT2D eigenvalue weighted by atomic mass is 16.5. The van der Waals surface area contributed by atoms with Gasteiger partial charge in [0.2, 0.25) is 5.91 Å². The number of likely N-dealkylation sites (tertiary alicyclic amines) is 1. The number of carbonyl (C=O) groups excluding carboxylic acids is 2. The minimum absolute atomic E-state index is 0.0394. The van der Waals surface area contributed by atoms with Crippen LogP contribution < -0.4 is 0 Å². The van der Waals surface area contributed by atoms with Crippen molar-refractivity contribution in [2.75, 3.05) is 47.9 Å². The van der Waals surface area contributed by atoms with Gasteiger partial charge >= 0.3 is 6.03 Å². The van der Waals surface area contributed by atoms with Gasteiger partial charge in [-0.3, -0.25) is 4.79 Å². The van der Waals surface area contributed by atoms with Crippen molar-refractivity contribution in [2.45, 2.75) is 25.9 Å². The van der Waals surface area contributed by atoms with E-state index in [-0.39, 0.29) is 17.9 Å². The SMILES string of the molecule is COCCn1cnnc1CN(C)C(=O)[C@@H]1CCCN(C(=O)N(C)C)C1. The van der Waals surface area contributed by atoms with Crippen LogP contribution in [0.5, 0.6) is 0 Å². The van der Waals surface area contributed by atoms with Crippen molar-refractivity contribution < 1.29 is 14.3 Å². The van der Waals surface area contributed by atoms with Crippen LogP contribution in [0.15, 0.2) is 6.33 Å². The van der Waals surface area contributed by atoms with Crippen LogP contribution in [0.2, 0.25) is 0 Å². The Hall–Kier alpha value is -2.16. The van der Waals surface area contributed by atoms with Gasteiger partial charge in [0.05, 0.1) is 19.1 Å². The molecule has 0 bridgehead atoms. The van der Waals surface area contributed by atoms with E-state index < -0.39 is 0 Å². The Balaban J connectivity index is 1.95. The van der Waals surface area contributed by atoms with E-state index in [9.17, 15) is 9.59 Å². The van der Waals surface area contributed by atoms with E-state index in [1.165, 1.54) is 0 Å². The molecule has 0 radical (unpaired) electrons. The lowest BCUT2D eigenvalue weighted by Gasteiger charge is -2.35. The van der Waals surface area contributed by atoms with Gasteiger partial charge in [-0.15, -0.1) is 10.2 Å². The summed E-state index contributed by atoms with van der Waals surface area (Å²) in [4.78, 5) is 29.9. The molecule has 2 heterocycles. The van der Waals surface area contributed by atoms with Gasteiger partial charge in [0, 0.05) is 47.9 Å². The van der Waals surface area contributed by atoms with Crippen LogP contribution >= 0.6 is 0 Å². The van der Waals surface area contributed by atoms with Gasteiger partial charge in [0.1, 0.15) is 6.33 Å². The molecule has 0 saturated carbocycles. The minimum Gasteiger partial charge on any atom is -0.383 e. The van der Waals surface area contributed by atoms with E-state index in [4.69, 9.17) is 4.74 Å². The number of aromatic nitrogens is 3. The molecule has 0 N–H and O–H groups in total. The summed E-state index contributed by atoms with van der Waals surface area (Å²) in [6.45, 7) is 2.77. The van der Waals surface area contributed by atoms with Gasteiger partial charge in [-0.05, 0) is 12.8 Å². The topological polar surface area (TPSA) is 83.8 Å². The minimum atomic E-state index is -0.169. The first-order valence-corrected chi connectivity index (χ1v) is 8.50. The Bertz CT molecular complexity index is 588. The van der Waals surface area contributed by atoms with Gasteiger partial charge in [-0.2, -0.15) is 0 Å². The van der Waals surface area contributed by atoms with Gasteiger partial charge < -0.3 is 24.0 Å². The number of rotatable bonds is 6. The zero-order valence-electron chi connectivity index (χ0n) is 15.5. The predicted octanol–water partition coefficient (Wildman–Crippen LogP) is 0.277. The third kappa shape index (κ3) is 4.91. The lowest BCUT2D eigenvalue weighted by molar-refractivity contribution is -0.136. The highest BCUT2D eigenvalue weighted by Gasteiger charge is 2.31. The Morgan fingerprint density at radius 1 is 1.36 bits per heavy atom. The number of carbonyl (C=O) groups is 2. The number of urea groups is 1. The molecule has 1 atom stereocenters. The number of ether oxygens (including phenoxy) is 1. The van der Waals surface area contributed by atoms with E-state index in [2.05, 4.69) is 10.2 Å². The third-order valence-corrected chi connectivity index (χ3v) is 4.41. The highest BCUT2D eigenvalue weighted by Crippen LogP contribution is 2.20. The molecule has 1 aromatic rings. The molecule has 140 valence electrons. The van der Waals surface area contributed by atoms with Crippen LogP contribution in [-0.2, 0) is 22.6 Å². The molecule has 0 aliphatic carbocycles. The molecule has 1 saturated heterocycles. The first-order valence-electron chi connectivity index (χ1n) is 8.50. The van der Waals surface area contributed by atoms with Crippen molar-refractivity contribution in [1.82, 2.24) is 29.5 Å². The Labute approximate surface area is 148 Å². The average molecular weight is 352 g/mol. The lowest BCUT2D eigenvalue weighted by atomic mass is 9.97. The van der Waals surface area contributed by atoms with Gasteiger partial charge in [0.15, 0.2) is 5.82 Å². The molecule has 1 aromatic heterocycles. The van der Waals surface area contributed by atoms with Crippen LogP contribution in [0.25, 0.3) is 0 Å². The van der Waals surface area contributed by atoms with Crippen LogP contribution in [0.1, 0.15) is 18.7 Å². The molecular weight excluding hydrogens is 324 g/mol. The number of amides is 3. The number of hydrogen-bond donors (Lipinski definition) is 0. The fraction of sp³-hybridized carbons (Fsp3) is 0.750. The monoisotopic (exact) mass is 352 g/mol. The molecule has 0 spiro atoms. The first kappa shape index (κ1) is 19.2. The molecule has 1 aliphatic heterocycles. The zero-order valence-corrected chi connectivity index (χ0v) is 15.5. The average Bonchev–Trinajstić information content (AvgIpc) is 3.05. The summed E-state index contributed by atoms with van der Waals surface area (Å²) >= 11 is 0. The standard InChI is InChI=1S/C16H28N6O3/c1-19(2)16(24)21-7-5-6-13(10-21)15(23)20(3)11-14-18-17-12-22(14)8-9-25-4/h12-13H,5-11H2,1-4H3/t13-/m1/s1. The summed E-state index contributed by atoms with van der Waals surface area (Å²) in [5, 5.41) is 8.01. The van der Waals surface area contributed by atoms with Crippen molar-refractivity contribution in [3.8, 4) is 0 Å². The summed E-state index contributed by atoms with van der Waals surface area (Å²) in [5.41, 5.74) is 0. The van der Waals surface area contributed by atoms with E-state index >= 15 is 0 Å². The van der Waals surface area contributed by atoms with E-state index in [1.807, 2.05) is 4.57 Å². The Morgan fingerprint density at radius 2 is 2.12 bits per heavy atom. The van der Waals surface area contributed by atoms with Crippen LogP contribution in [0, 0.1) is 5.92 Å². The molecular formula is C16H28N6O3. The highest BCUT2D eigenvalue weighted by molar-refractivity contribution is 5.80. The molecule has 1 fully saturated rings. The summed E-state index contributed by atoms with van der Waals surface area (Å²) < 4.78 is 6.96. The fourth-order valence-electron chi connectivity index (χ4n) is 3.01. The third-order valence-electron chi connectivity index (χ3n) is 4.41. The molecule has 9 heteroatoms. The zero-order chi connectivity index (χ0) is 18.4. The van der Waals surface area contributed by atoms with Crippen molar-refractivity contribution in [1.29, 1.82) is 0 Å². The normalized spacial score (nSPS) is 17.4. The van der Waals surface area contributed by atoms with E-state index in [0.29, 0.717) is 32.8 Å². The van der Waals surface area contributed by atoms with Crippen LogP contribution in [0.4, 0.5) is 4.79 Å². The van der Waals surface area contributed by atoms with Crippen molar-refractivity contribution in [3.63, 3.8) is 0 Å². The van der Waals surface area contributed by atoms with Gasteiger partial charge in [0.25, 0.3) is 0 Å². The number of piperidine rings is 1. The van der Waals surface area contributed by atoms with Gasteiger partial charge in [-0.1, -0.05) is 0 Å². The van der Waals surface area contributed by atoms with Crippen molar-refractivity contribution in [3.05, 3.63) is 12.2 Å². The number of hydrogen-bond acceptors (Lipinski definition) is 5. The van der Waals surface area contributed by atoms with E-state index in [1.54, 1.807) is 49.3 Å². The second-order valence-electron chi connectivity index (χ2n) is 6.59. The summed E-state index contributed by atoms with van der Waals surface area (Å²) in [7, 11) is 6.87. The molecule has 1 aliphatic rings. The quantitative estimate of drug-likeness (QED) is 0.734. The summed E-state index contributed by atoms with van der Waals surface area (Å²) in [5.74, 6) is 0.598. The predicted molar refractivity (Wildman–Crippen MR) is 91.8 cm³/mol. The molecule has 25 heavy (non-hydrogen) atoms. The second-order valence-corrected chi connectivity index (χ2v) is 6.59. The van der Waals surface area contributed by atoms with Gasteiger partial charge in [-0.25, -0.2) is 4.79 Å². The summed E-state index contributed by atoms with van der Waals surface area (Å²) in [6.07, 6.45) is 3.29. The maximum atomic E-state index is 12.8. The fourth-order valence-corrected chi connectivity index (χ4v) is 3.01. The molecule has 0 aromatic carbocycles. The molecule has 0 unspecified atom stereocenters. The summed E-state index contributed by atoms with van der Waals surface area (Å²) in [6, 6.07) is -0.0422. The smallest absolute Gasteiger partial charge is 0.319 e. The number of methoxy groups -OCH3 is 1. The largest absolute Gasteiger partial charge is 0.383 e. The Morgan fingerprint density at radius 3 is 2.80 bits per heavy atom. The molecule has 2 rings (SSSR count). The Kier molecular flexibility index (Phi) is 6.74. The maximum absolute atomic E-state index is 12.8. The van der Waals surface area contributed by atoms with Crippen LogP contribution in [0.3, 0.4) is 0 Å². The number of nitrogens with zero attached hydrogens (tertiary/aromatic N) is 6. The maximum Gasteiger partial charge on any atom is 0.319 e. The second kappa shape index (κ2) is 8.80. The molecule has 3 amide bonds. The lowest BCUT2D eigenvalue weighted by Crippen LogP contribution is -2.48. The first-order chi connectivity index (χ1) is 11.9. The van der Waals surface area contributed by atoms with Crippen molar-refractivity contribution >= 4 is 11.9 Å². The van der Waals surface area contributed by atoms with Crippen molar-refractivity contribution in [2.24, 2.45) is 5.92 Å².